The van der Waals surface area contributed by atoms with Gasteiger partial charge in [0.25, 0.3) is 0 Å². The van der Waals surface area contributed by atoms with Gasteiger partial charge in [-0.3, -0.25) is 4.98 Å². The van der Waals surface area contributed by atoms with Crippen molar-refractivity contribution < 1.29 is 0 Å². The van der Waals surface area contributed by atoms with Crippen molar-refractivity contribution in [1.82, 2.24) is 10.3 Å². The second kappa shape index (κ2) is 3.58. The summed E-state index contributed by atoms with van der Waals surface area (Å²) in [7, 11) is 0. The van der Waals surface area contributed by atoms with Crippen LogP contribution in [0.25, 0.3) is 0 Å². The van der Waals surface area contributed by atoms with Crippen molar-refractivity contribution >= 4 is 5.69 Å². The number of nitrogens with zero attached hydrogens (tertiary/aromatic N) is 1. The molecule has 0 aliphatic carbocycles. The Hall–Kier alpha value is -1.09. The summed E-state index contributed by atoms with van der Waals surface area (Å²) in [5.74, 6) is 0. The van der Waals surface area contributed by atoms with Crippen molar-refractivity contribution in [2.24, 2.45) is 0 Å². The molecule has 1 atom stereocenters. The maximum atomic E-state index is 3.99. The Labute approximate surface area is 84.9 Å². The van der Waals surface area contributed by atoms with Gasteiger partial charge in [-0.2, -0.15) is 0 Å². The van der Waals surface area contributed by atoms with Crippen LogP contribution in [0.5, 0.6) is 0 Å². The zero-order valence-corrected chi connectivity index (χ0v) is 8.75. The molecule has 14 heavy (non-hydrogen) atoms. The molecule has 0 saturated carbocycles. The van der Waals surface area contributed by atoms with Crippen LogP contribution in [0.4, 0.5) is 5.69 Å². The van der Waals surface area contributed by atoms with Gasteiger partial charge in [0.2, 0.25) is 0 Å². The van der Waals surface area contributed by atoms with E-state index in [4.69, 9.17) is 0 Å². The van der Waals surface area contributed by atoms with Crippen molar-refractivity contribution in [2.45, 2.75) is 31.8 Å². The van der Waals surface area contributed by atoms with Crippen molar-refractivity contribution in [3.8, 4) is 0 Å². The van der Waals surface area contributed by atoms with Gasteiger partial charge in [0.05, 0.1) is 0 Å². The van der Waals surface area contributed by atoms with Crippen LogP contribution in [0.2, 0.25) is 0 Å². The number of rotatable bonds is 2. The molecule has 2 heterocycles. The van der Waals surface area contributed by atoms with E-state index in [-0.39, 0.29) is 5.54 Å². The first-order chi connectivity index (χ1) is 6.66. The van der Waals surface area contributed by atoms with Crippen LogP contribution in [-0.4, -0.2) is 23.1 Å². The maximum absolute atomic E-state index is 3.99. The summed E-state index contributed by atoms with van der Waals surface area (Å²) < 4.78 is 0. The first-order valence-electron chi connectivity index (χ1n) is 5.07. The predicted molar refractivity (Wildman–Crippen MR) is 58.3 cm³/mol. The normalized spacial score (nSPS) is 24.9. The fourth-order valence-corrected chi connectivity index (χ4v) is 1.95. The summed E-state index contributed by atoms with van der Waals surface area (Å²) >= 11 is 0. The highest BCUT2D eigenvalue weighted by Crippen LogP contribution is 2.20. The molecule has 0 spiro atoms. The van der Waals surface area contributed by atoms with E-state index >= 15 is 0 Å². The third-order valence-corrected chi connectivity index (χ3v) is 2.63. The molecule has 3 heteroatoms. The molecule has 2 N–H and O–H groups in total. The third kappa shape index (κ3) is 2.23. The Bertz CT molecular complexity index is 295. The van der Waals surface area contributed by atoms with Gasteiger partial charge in [-0.05, 0) is 32.4 Å². The summed E-state index contributed by atoms with van der Waals surface area (Å²) in [5.41, 5.74) is 1.43. The summed E-state index contributed by atoms with van der Waals surface area (Å²) in [6, 6.07) is 4.55. The van der Waals surface area contributed by atoms with Crippen LogP contribution in [0.15, 0.2) is 24.5 Å². The molecule has 0 amide bonds. The summed E-state index contributed by atoms with van der Waals surface area (Å²) in [6.45, 7) is 5.51. The van der Waals surface area contributed by atoms with Gasteiger partial charge in [0.15, 0.2) is 0 Å². The van der Waals surface area contributed by atoms with E-state index in [0.29, 0.717) is 6.04 Å². The third-order valence-electron chi connectivity index (χ3n) is 2.63. The average Bonchev–Trinajstić information content (AvgIpc) is 2.47. The lowest BCUT2D eigenvalue weighted by Crippen LogP contribution is -2.31. The number of pyridine rings is 1. The zero-order chi connectivity index (χ0) is 10.0. The molecule has 3 nitrogen and oxygen atoms in total. The number of anilines is 1. The number of aromatic nitrogens is 1. The van der Waals surface area contributed by atoms with Crippen LogP contribution in [0.3, 0.4) is 0 Å². The lowest BCUT2D eigenvalue weighted by Gasteiger charge is -2.17. The summed E-state index contributed by atoms with van der Waals surface area (Å²) in [4.78, 5) is 3.99. The van der Waals surface area contributed by atoms with Gasteiger partial charge in [0.1, 0.15) is 0 Å². The molecule has 1 aliphatic heterocycles. The van der Waals surface area contributed by atoms with Crippen molar-refractivity contribution in [1.29, 1.82) is 0 Å². The van der Waals surface area contributed by atoms with Gasteiger partial charge in [0, 0.05) is 36.2 Å². The topological polar surface area (TPSA) is 37.0 Å². The highest BCUT2D eigenvalue weighted by molar-refractivity contribution is 5.42. The van der Waals surface area contributed by atoms with E-state index in [1.165, 1.54) is 0 Å². The Morgan fingerprint density at radius 2 is 2.14 bits per heavy atom. The fourth-order valence-electron chi connectivity index (χ4n) is 1.95. The smallest absolute Gasteiger partial charge is 0.0403 e. The van der Waals surface area contributed by atoms with E-state index in [9.17, 15) is 0 Å². The number of hydrogen-bond donors (Lipinski definition) is 2. The van der Waals surface area contributed by atoms with Crippen molar-refractivity contribution in [3.63, 3.8) is 0 Å². The maximum Gasteiger partial charge on any atom is 0.0403 e. The largest absolute Gasteiger partial charge is 0.381 e. The number of hydrogen-bond acceptors (Lipinski definition) is 3. The zero-order valence-electron chi connectivity index (χ0n) is 8.75. The first-order valence-corrected chi connectivity index (χ1v) is 5.07. The predicted octanol–water partition coefficient (Wildman–Crippen LogP) is 1.63. The minimum atomic E-state index is 0.269. The first kappa shape index (κ1) is 9.46. The van der Waals surface area contributed by atoms with Crippen LogP contribution in [-0.2, 0) is 0 Å². The minimum Gasteiger partial charge on any atom is -0.381 e. The molecule has 2 rings (SSSR count). The van der Waals surface area contributed by atoms with E-state index in [1.807, 2.05) is 24.5 Å². The van der Waals surface area contributed by atoms with E-state index in [1.54, 1.807) is 0 Å². The Balaban J connectivity index is 1.94. The molecule has 0 aromatic carbocycles. The Morgan fingerprint density at radius 1 is 1.43 bits per heavy atom. The summed E-state index contributed by atoms with van der Waals surface area (Å²) in [6.07, 6.45) is 4.79. The molecule has 1 aromatic rings. The highest BCUT2D eigenvalue weighted by atomic mass is 15.1. The minimum absolute atomic E-state index is 0.269. The van der Waals surface area contributed by atoms with Gasteiger partial charge in [-0.1, -0.05) is 0 Å². The van der Waals surface area contributed by atoms with Crippen molar-refractivity contribution in [2.75, 3.05) is 11.9 Å². The Kier molecular flexibility index (Phi) is 2.42. The standard InChI is InChI=1S/C11H17N3/c1-11(2)7-10(8-13-11)14-9-3-5-12-6-4-9/h3-6,10,13H,7-8H2,1-2H3,(H,12,14). The van der Waals surface area contributed by atoms with Gasteiger partial charge in [-0.25, -0.2) is 0 Å². The lowest BCUT2D eigenvalue weighted by atomic mass is 10.0. The highest BCUT2D eigenvalue weighted by Gasteiger charge is 2.29. The quantitative estimate of drug-likeness (QED) is 0.746. The lowest BCUT2D eigenvalue weighted by molar-refractivity contribution is 0.457. The molecule has 1 aromatic heterocycles. The van der Waals surface area contributed by atoms with Gasteiger partial charge in [-0.15, -0.1) is 0 Å². The Morgan fingerprint density at radius 3 is 2.71 bits per heavy atom. The fraction of sp³-hybridized carbons (Fsp3) is 0.545. The molecule has 76 valence electrons. The van der Waals surface area contributed by atoms with Gasteiger partial charge >= 0.3 is 0 Å². The number of nitrogens with one attached hydrogen (secondary N) is 2. The van der Waals surface area contributed by atoms with E-state index < -0.39 is 0 Å². The van der Waals surface area contributed by atoms with Crippen LogP contribution in [0, 0.1) is 0 Å². The molecule has 0 bridgehead atoms. The van der Waals surface area contributed by atoms with Crippen molar-refractivity contribution in [3.05, 3.63) is 24.5 Å². The average molecular weight is 191 g/mol. The van der Waals surface area contributed by atoms with E-state index in [0.717, 1.165) is 18.7 Å². The summed E-state index contributed by atoms with van der Waals surface area (Å²) in [5, 5.41) is 6.98. The van der Waals surface area contributed by atoms with E-state index in [2.05, 4.69) is 29.5 Å². The molecule has 1 fully saturated rings. The molecular formula is C11H17N3. The molecule has 1 aliphatic rings. The SMILES string of the molecule is CC1(C)CC(Nc2ccncc2)CN1. The monoisotopic (exact) mass is 191 g/mol. The van der Waals surface area contributed by atoms with Crippen LogP contribution in [0.1, 0.15) is 20.3 Å². The molecule has 0 radical (unpaired) electrons. The van der Waals surface area contributed by atoms with Gasteiger partial charge < -0.3 is 10.6 Å². The van der Waals surface area contributed by atoms with Crippen LogP contribution >= 0.6 is 0 Å². The second-order valence-corrected chi connectivity index (χ2v) is 4.55. The second-order valence-electron chi connectivity index (χ2n) is 4.55. The van der Waals surface area contributed by atoms with Crippen LogP contribution < -0.4 is 10.6 Å². The molecular weight excluding hydrogens is 174 g/mol. The molecule has 1 unspecified atom stereocenters. The molecule has 1 saturated heterocycles.